The summed E-state index contributed by atoms with van der Waals surface area (Å²) >= 11 is 16.1. The van der Waals surface area contributed by atoms with Crippen LogP contribution in [0.25, 0.3) is 11.0 Å². The number of fused-ring (bicyclic) bond motifs is 1. The zero-order valence-electron chi connectivity index (χ0n) is 17.4. The molecule has 10 heteroatoms. The highest BCUT2D eigenvalue weighted by Crippen LogP contribution is 2.39. The maximum absolute atomic E-state index is 13.9. The zero-order chi connectivity index (χ0) is 22.3. The van der Waals surface area contributed by atoms with Crippen LogP contribution in [0.3, 0.4) is 0 Å². The van der Waals surface area contributed by atoms with Crippen LogP contribution in [0.1, 0.15) is 18.4 Å². The molecule has 3 aromatic rings. The molecule has 2 saturated heterocycles. The molecule has 2 aliphatic rings. The lowest BCUT2D eigenvalue weighted by molar-refractivity contribution is -0.139. The normalized spacial score (nSPS) is 18.8. The van der Waals surface area contributed by atoms with E-state index < -0.39 is 5.41 Å². The van der Waals surface area contributed by atoms with E-state index in [4.69, 9.17) is 23.2 Å². The molecule has 7 nitrogen and oxygen atoms in total. The summed E-state index contributed by atoms with van der Waals surface area (Å²) in [6.07, 6.45) is 4.94. The number of halogens is 3. The van der Waals surface area contributed by atoms with Gasteiger partial charge in [-0.25, -0.2) is 9.97 Å². The van der Waals surface area contributed by atoms with Gasteiger partial charge in [-0.2, -0.15) is 0 Å². The van der Waals surface area contributed by atoms with Gasteiger partial charge in [-0.05, 0) is 59.6 Å². The lowest BCUT2D eigenvalue weighted by atomic mass is 9.72. The Bertz CT molecular complexity index is 1150. The van der Waals surface area contributed by atoms with E-state index in [1.54, 1.807) is 12.4 Å². The molecule has 168 valence electrons. The average Bonchev–Trinajstić information content (AvgIpc) is 3.22. The number of aromatic nitrogens is 3. The van der Waals surface area contributed by atoms with Gasteiger partial charge in [0.2, 0.25) is 5.91 Å². The number of carbonyl (C=O) groups is 1. The predicted molar refractivity (Wildman–Crippen MR) is 131 cm³/mol. The molecule has 1 aromatic carbocycles. The summed E-state index contributed by atoms with van der Waals surface area (Å²) in [5.41, 5.74) is 1.18. The van der Waals surface area contributed by atoms with Crippen LogP contribution in [-0.2, 0) is 10.2 Å². The number of anilines is 1. The summed E-state index contributed by atoms with van der Waals surface area (Å²) in [6.45, 7) is 4.31. The summed E-state index contributed by atoms with van der Waals surface area (Å²) in [6, 6.07) is 5.61. The van der Waals surface area contributed by atoms with Crippen molar-refractivity contribution in [1.82, 2.24) is 25.2 Å². The van der Waals surface area contributed by atoms with E-state index in [0.29, 0.717) is 36.2 Å². The molecule has 0 bridgehead atoms. The molecule has 2 N–H and O–H groups in total. The second kappa shape index (κ2) is 8.82. The standard InChI is InChI=1S/C22H23BrCl2N6O/c23-15-12-27-19-18(15)20(29-13-28-19)30-7-9-31(10-8-30)21(32)22(3-5-26-6-4-22)14-1-2-16(24)17(25)11-14/h1-2,11-13,26H,3-10H2,(H,27,28,29). The van der Waals surface area contributed by atoms with Crippen molar-refractivity contribution in [1.29, 1.82) is 0 Å². The largest absolute Gasteiger partial charge is 0.352 e. The van der Waals surface area contributed by atoms with Gasteiger partial charge in [0.15, 0.2) is 0 Å². The van der Waals surface area contributed by atoms with E-state index in [-0.39, 0.29) is 5.91 Å². The number of amides is 1. The summed E-state index contributed by atoms with van der Waals surface area (Å²) in [7, 11) is 0. The molecule has 4 heterocycles. The van der Waals surface area contributed by atoms with Gasteiger partial charge in [0.05, 0.1) is 20.8 Å². The van der Waals surface area contributed by atoms with Crippen molar-refractivity contribution in [2.45, 2.75) is 18.3 Å². The minimum Gasteiger partial charge on any atom is -0.352 e. The fourth-order valence-electron chi connectivity index (χ4n) is 4.85. The maximum Gasteiger partial charge on any atom is 0.233 e. The Morgan fingerprint density at radius 2 is 1.81 bits per heavy atom. The minimum atomic E-state index is -0.576. The Balaban J connectivity index is 1.38. The molecule has 32 heavy (non-hydrogen) atoms. The van der Waals surface area contributed by atoms with Gasteiger partial charge < -0.3 is 20.1 Å². The fraction of sp³-hybridized carbons (Fsp3) is 0.409. The Hall–Kier alpha value is -1.87. The lowest BCUT2D eigenvalue weighted by Crippen LogP contribution is -2.57. The number of piperazine rings is 1. The highest BCUT2D eigenvalue weighted by molar-refractivity contribution is 9.10. The number of H-pyrrole nitrogens is 1. The van der Waals surface area contributed by atoms with Crippen molar-refractivity contribution in [3.05, 3.63) is 50.8 Å². The van der Waals surface area contributed by atoms with Crippen molar-refractivity contribution < 1.29 is 4.79 Å². The van der Waals surface area contributed by atoms with E-state index >= 15 is 0 Å². The molecule has 2 aromatic heterocycles. The van der Waals surface area contributed by atoms with Crippen LogP contribution in [0.4, 0.5) is 5.82 Å². The van der Waals surface area contributed by atoms with Crippen molar-refractivity contribution in [2.75, 3.05) is 44.2 Å². The Morgan fingerprint density at radius 3 is 2.53 bits per heavy atom. The molecule has 5 rings (SSSR count). The summed E-state index contributed by atoms with van der Waals surface area (Å²) in [4.78, 5) is 30.1. The molecular formula is C22H23BrCl2N6O. The van der Waals surface area contributed by atoms with Gasteiger partial charge in [-0.3, -0.25) is 4.79 Å². The molecule has 0 aliphatic carbocycles. The van der Waals surface area contributed by atoms with Gasteiger partial charge in [0.1, 0.15) is 17.8 Å². The van der Waals surface area contributed by atoms with Crippen molar-refractivity contribution in [2.24, 2.45) is 0 Å². The van der Waals surface area contributed by atoms with Crippen molar-refractivity contribution >= 4 is 61.9 Å². The molecule has 0 radical (unpaired) electrons. The van der Waals surface area contributed by atoms with Gasteiger partial charge in [-0.1, -0.05) is 29.3 Å². The molecule has 0 saturated carbocycles. The van der Waals surface area contributed by atoms with Crippen LogP contribution >= 0.6 is 39.1 Å². The number of nitrogens with zero attached hydrogens (tertiary/aromatic N) is 4. The Labute approximate surface area is 204 Å². The Morgan fingerprint density at radius 1 is 1.06 bits per heavy atom. The monoisotopic (exact) mass is 536 g/mol. The van der Waals surface area contributed by atoms with Crippen LogP contribution in [0.5, 0.6) is 0 Å². The molecule has 1 amide bonds. The number of nitrogens with one attached hydrogen (secondary N) is 2. The third-order valence-corrected chi connectivity index (χ3v) is 7.97. The van der Waals surface area contributed by atoms with E-state index in [1.807, 2.05) is 23.2 Å². The third kappa shape index (κ3) is 3.77. The number of piperidine rings is 1. The van der Waals surface area contributed by atoms with Gasteiger partial charge in [0, 0.05) is 36.8 Å². The van der Waals surface area contributed by atoms with Crippen molar-refractivity contribution in [3.8, 4) is 0 Å². The fourth-order valence-corrected chi connectivity index (χ4v) is 5.62. The van der Waals surface area contributed by atoms with Crippen LogP contribution in [0, 0.1) is 0 Å². The summed E-state index contributed by atoms with van der Waals surface area (Å²) < 4.78 is 0.940. The Kier molecular flexibility index (Phi) is 6.05. The molecule has 0 unspecified atom stereocenters. The first-order valence-electron chi connectivity index (χ1n) is 10.7. The number of benzene rings is 1. The summed E-state index contributed by atoms with van der Waals surface area (Å²) in [5, 5.41) is 5.35. The minimum absolute atomic E-state index is 0.174. The molecule has 0 atom stereocenters. The van der Waals surface area contributed by atoms with E-state index in [1.165, 1.54) is 0 Å². The van der Waals surface area contributed by atoms with Gasteiger partial charge in [0.25, 0.3) is 0 Å². The van der Waals surface area contributed by atoms with E-state index in [9.17, 15) is 4.79 Å². The highest BCUT2D eigenvalue weighted by atomic mass is 79.9. The van der Waals surface area contributed by atoms with Gasteiger partial charge in [-0.15, -0.1) is 0 Å². The summed E-state index contributed by atoms with van der Waals surface area (Å²) in [5.74, 6) is 1.06. The van der Waals surface area contributed by atoms with Crippen LogP contribution < -0.4 is 10.2 Å². The number of aromatic amines is 1. The van der Waals surface area contributed by atoms with Crippen molar-refractivity contribution in [3.63, 3.8) is 0 Å². The highest BCUT2D eigenvalue weighted by Gasteiger charge is 2.44. The predicted octanol–water partition coefficient (Wildman–Crippen LogP) is 4.00. The first-order chi connectivity index (χ1) is 15.5. The van der Waals surface area contributed by atoms with Crippen LogP contribution in [0.15, 0.2) is 35.2 Å². The topological polar surface area (TPSA) is 77.2 Å². The third-order valence-electron chi connectivity index (χ3n) is 6.61. The first-order valence-corrected chi connectivity index (χ1v) is 12.2. The maximum atomic E-state index is 13.9. The smallest absolute Gasteiger partial charge is 0.233 e. The quantitative estimate of drug-likeness (QED) is 0.528. The molecular weight excluding hydrogens is 515 g/mol. The number of hydrogen-bond donors (Lipinski definition) is 2. The SMILES string of the molecule is O=C(N1CCN(c2ncnc3[nH]cc(Br)c23)CC1)C1(c2ccc(Cl)c(Cl)c2)CCNCC1. The first kappa shape index (κ1) is 21.9. The average molecular weight is 538 g/mol. The van der Waals surface area contributed by atoms with Crippen LogP contribution in [0.2, 0.25) is 10.0 Å². The van der Waals surface area contributed by atoms with Gasteiger partial charge >= 0.3 is 0 Å². The van der Waals surface area contributed by atoms with E-state index in [2.05, 4.69) is 41.1 Å². The number of hydrogen-bond acceptors (Lipinski definition) is 5. The zero-order valence-corrected chi connectivity index (χ0v) is 20.5. The number of rotatable bonds is 3. The number of carbonyl (C=O) groups excluding carboxylic acids is 1. The molecule has 2 aliphatic heterocycles. The molecule has 0 spiro atoms. The molecule has 2 fully saturated rings. The van der Waals surface area contributed by atoms with Crippen LogP contribution in [-0.4, -0.2) is 65.0 Å². The second-order valence-corrected chi connectivity index (χ2v) is 9.97. The second-order valence-electron chi connectivity index (χ2n) is 8.30. The lowest BCUT2D eigenvalue weighted by Gasteiger charge is -2.43. The van der Waals surface area contributed by atoms with E-state index in [0.717, 1.165) is 52.8 Å².